The highest BCUT2D eigenvalue weighted by molar-refractivity contribution is 5.90. The quantitative estimate of drug-likeness (QED) is 0.824. The summed E-state index contributed by atoms with van der Waals surface area (Å²) < 4.78 is 4.97. The van der Waals surface area contributed by atoms with Crippen LogP contribution in [0.3, 0.4) is 0 Å². The standard InChI is InChI=1S/C11H13NO3/c1-15-10-8(11(13)14)5-6-9(12-10)7-3-2-4-7/h5-7H,2-4H2,1H3,(H,13,14). The van der Waals surface area contributed by atoms with Gasteiger partial charge in [0.15, 0.2) is 0 Å². The predicted molar refractivity (Wildman–Crippen MR) is 54.3 cm³/mol. The average molecular weight is 207 g/mol. The SMILES string of the molecule is COc1nc(C2CCC2)ccc1C(=O)O. The summed E-state index contributed by atoms with van der Waals surface area (Å²) in [5.74, 6) is -0.298. The number of pyridine rings is 1. The Bertz CT molecular complexity index is 385. The number of ether oxygens (including phenoxy) is 1. The Labute approximate surface area is 87.9 Å². The molecule has 0 aromatic carbocycles. The summed E-state index contributed by atoms with van der Waals surface area (Å²) in [7, 11) is 1.44. The van der Waals surface area contributed by atoms with Crippen LogP contribution in [0.1, 0.15) is 41.2 Å². The van der Waals surface area contributed by atoms with Crippen LogP contribution in [-0.4, -0.2) is 23.2 Å². The molecule has 15 heavy (non-hydrogen) atoms. The Morgan fingerprint density at radius 2 is 2.27 bits per heavy atom. The Kier molecular flexibility index (Phi) is 2.58. The molecular formula is C11H13NO3. The zero-order valence-corrected chi connectivity index (χ0v) is 8.56. The van der Waals surface area contributed by atoms with Crippen molar-refractivity contribution in [1.29, 1.82) is 0 Å². The summed E-state index contributed by atoms with van der Waals surface area (Å²) >= 11 is 0. The monoisotopic (exact) mass is 207 g/mol. The molecule has 80 valence electrons. The lowest BCUT2D eigenvalue weighted by molar-refractivity contribution is 0.0692. The topological polar surface area (TPSA) is 59.4 Å². The molecule has 1 saturated carbocycles. The van der Waals surface area contributed by atoms with Crippen LogP contribution in [0.5, 0.6) is 5.88 Å². The van der Waals surface area contributed by atoms with E-state index in [9.17, 15) is 4.79 Å². The summed E-state index contributed by atoms with van der Waals surface area (Å²) in [6.45, 7) is 0. The number of rotatable bonds is 3. The van der Waals surface area contributed by atoms with Gasteiger partial charge in [-0.05, 0) is 25.0 Å². The van der Waals surface area contributed by atoms with Crippen molar-refractivity contribution in [3.8, 4) is 5.88 Å². The third-order valence-electron chi connectivity index (χ3n) is 2.83. The molecule has 0 radical (unpaired) electrons. The van der Waals surface area contributed by atoms with Gasteiger partial charge in [0.1, 0.15) is 5.56 Å². The molecule has 1 aliphatic rings. The highest BCUT2D eigenvalue weighted by Gasteiger charge is 2.23. The van der Waals surface area contributed by atoms with Gasteiger partial charge in [-0.3, -0.25) is 0 Å². The first kappa shape index (κ1) is 9.96. The van der Waals surface area contributed by atoms with E-state index < -0.39 is 5.97 Å². The molecule has 4 nitrogen and oxygen atoms in total. The lowest BCUT2D eigenvalue weighted by Gasteiger charge is -2.25. The minimum atomic E-state index is -1.00. The van der Waals surface area contributed by atoms with Gasteiger partial charge in [-0.15, -0.1) is 0 Å². The number of carboxylic acids is 1. The highest BCUT2D eigenvalue weighted by atomic mass is 16.5. The maximum atomic E-state index is 10.8. The molecule has 1 fully saturated rings. The number of methoxy groups -OCH3 is 1. The minimum Gasteiger partial charge on any atom is -0.480 e. The summed E-state index contributed by atoms with van der Waals surface area (Å²) in [6.07, 6.45) is 3.51. The number of aromatic nitrogens is 1. The van der Waals surface area contributed by atoms with E-state index >= 15 is 0 Å². The number of nitrogens with zero attached hydrogens (tertiary/aromatic N) is 1. The second-order valence-electron chi connectivity index (χ2n) is 3.73. The van der Waals surface area contributed by atoms with Crippen molar-refractivity contribution in [2.45, 2.75) is 25.2 Å². The molecule has 1 heterocycles. The van der Waals surface area contributed by atoms with Crippen molar-refractivity contribution in [3.05, 3.63) is 23.4 Å². The summed E-state index contributed by atoms with van der Waals surface area (Å²) in [5, 5.41) is 8.88. The third kappa shape index (κ3) is 1.79. The van der Waals surface area contributed by atoms with E-state index in [4.69, 9.17) is 9.84 Å². The van der Waals surface area contributed by atoms with E-state index in [-0.39, 0.29) is 11.4 Å². The molecule has 2 rings (SSSR count). The van der Waals surface area contributed by atoms with Gasteiger partial charge in [-0.1, -0.05) is 6.42 Å². The molecule has 0 unspecified atom stereocenters. The Balaban J connectivity index is 2.33. The van der Waals surface area contributed by atoms with Crippen LogP contribution in [0.4, 0.5) is 0 Å². The molecule has 0 spiro atoms. The van der Waals surface area contributed by atoms with E-state index in [0.29, 0.717) is 5.92 Å². The van der Waals surface area contributed by atoms with Crippen molar-refractivity contribution in [2.24, 2.45) is 0 Å². The normalized spacial score (nSPS) is 15.8. The molecule has 1 N–H and O–H groups in total. The highest BCUT2D eigenvalue weighted by Crippen LogP contribution is 2.36. The molecule has 4 heteroatoms. The maximum Gasteiger partial charge on any atom is 0.341 e. The largest absolute Gasteiger partial charge is 0.480 e. The first-order valence-electron chi connectivity index (χ1n) is 5.00. The van der Waals surface area contributed by atoms with Gasteiger partial charge in [0.2, 0.25) is 5.88 Å². The molecule has 1 aromatic rings. The van der Waals surface area contributed by atoms with Crippen molar-refractivity contribution in [2.75, 3.05) is 7.11 Å². The minimum absolute atomic E-state index is 0.126. The zero-order chi connectivity index (χ0) is 10.8. The fourth-order valence-electron chi connectivity index (χ4n) is 1.70. The summed E-state index contributed by atoms with van der Waals surface area (Å²) in [4.78, 5) is 15.1. The van der Waals surface area contributed by atoms with Gasteiger partial charge >= 0.3 is 5.97 Å². The van der Waals surface area contributed by atoms with Crippen molar-refractivity contribution >= 4 is 5.97 Å². The van der Waals surface area contributed by atoms with Crippen LogP contribution in [0.15, 0.2) is 12.1 Å². The second kappa shape index (κ2) is 3.88. The van der Waals surface area contributed by atoms with Crippen LogP contribution >= 0.6 is 0 Å². The molecule has 1 aromatic heterocycles. The predicted octanol–water partition coefficient (Wildman–Crippen LogP) is 2.06. The van der Waals surface area contributed by atoms with Crippen LogP contribution in [0.25, 0.3) is 0 Å². The molecule has 0 atom stereocenters. The van der Waals surface area contributed by atoms with Crippen molar-refractivity contribution < 1.29 is 14.6 Å². The van der Waals surface area contributed by atoms with E-state index in [1.54, 1.807) is 12.1 Å². The number of carbonyl (C=O) groups is 1. The number of aromatic carboxylic acids is 1. The van der Waals surface area contributed by atoms with E-state index in [1.165, 1.54) is 13.5 Å². The Hall–Kier alpha value is -1.58. The third-order valence-corrected chi connectivity index (χ3v) is 2.83. The molecule has 0 bridgehead atoms. The smallest absolute Gasteiger partial charge is 0.341 e. The van der Waals surface area contributed by atoms with Crippen molar-refractivity contribution in [3.63, 3.8) is 0 Å². The molecular weight excluding hydrogens is 194 g/mol. The zero-order valence-electron chi connectivity index (χ0n) is 8.56. The molecule has 0 amide bonds. The van der Waals surface area contributed by atoms with Gasteiger partial charge in [0.05, 0.1) is 7.11 Å². The second-order valence-corrected chi connectivity index (χ2v) is 3.73. The first-order chi connectivity index (χ1) is 7.22. The Morgan fingerprint density at radius 3 is 2.73 bits per heavy atom. The average Bonchev–Trinajstić information content (AvgIpc) is 2.14. The number of hydrogen-bond donors (Lipinski definition) is 1. The molecule has 0 aliphatic heterocycles. The van der Waals surface area contributed by atoms with Crippen LogP contribution in [0, 0.1) is 0 Å². The van der Waals surface area contributed by atoms with E-state index in [0.717, 1.165) is 18.5 Å². The first-order valence-corrected chi connectivity index (χ1v) is 5.00. The van der Waals surface area contributed by atoms with Crippen LogP contribution < -0.4 is 4.74 Å². The fraction of sp³-hybridized carbons (Fsp3) is 0.455. The summed E-state index contributed by atoms with van der Waals surface area (Å²) in [6, 6.07) is 3.36. The van der Waals surface area contributed by atoms with Gasteiger partial charge < -0.3 is 9.84 Å². The summed E-state index contributed by atoms with van der Waals surface area (Å²) in [5.41, 5.74) is 1.07. The maximum absolute atomic E-state index is 10.8. The van der Waals surface area contributed by atoms with Gasteiger partial charge in [-0.2, -0.15) is 0 Å². The van der Waals surface area contributed by atoms with Gasteiger partial charge in [0.25, 0.3) is 0 Å². The van der Waals surface area contributed by atoms with Crippen LogP contribution in [-0.2, 0) is 0 Å². The molecule has 1 aliphatic carbocycles. The van der Waals surface area contributed by atoms with E-state index in [2.05, 4.69) is 4.98 Å². The van der Waals surface area contributed by atoms with Crippen LogP contribution in [0.2, 0.25) is 0 Å². The van der Waals surface area contributed by atoms with Gasteiger partial charge in [0, 0.05) is 11.6 Å². The number of carboxylic acid groups (broad SMARTS) is 1. The molecule has 0 saturated heterocycles. The fourth-order valence-corrected chi connectivity index (χ4v) is 1.70. The lowest BCUT2D eigenvalue weighted by Crippen LogP contribution is -2.12. The Morgan fingerprint density at radius 1 is 1.53 bits per heavy atom. The van der Waals surface area contributed by atoms with Gasteiger partial charge in [-0.25, -0.2) is 9.78 Å². The number of hydrogen-bond acceptors (Lipinski definition) is 3. The van der Waals surface area contributed by atoms with E-state index in [1.807, 2.05) is 0 Å². The van der Waals surface area contributed by atoms with Crippen molar-refractivity contribution in [1.82, 2.24) is 4.98 Å². The lowest BCUT2D eigenvalue weighted by atomic mass is 9.82.